The van der Waals surface area contributed by atoms with Gasteiger partial charge in [-0.25, -0.2) is 0 Å². The fraction of sp³-hybridized carbons (Fsp3) is 0.625. The van der Waals surface area contributed by atoms with Gasteiger partial charge in [0, 0.05) is 32.7 Å². The van der Waals surface area contributed by atoms with Crippen molar-refractivity contribution in [3.8, 4) is 5.75 Å². The van der Waals surface area contributed by atoms with E-state index in [1.165, 1.54) is 12.1 Å². The topological polar surface area (TPSA) is 24.9 Å². The maximum atomic E-state index is 12.6. The summed E-state index contributed by atoms with van der Waals surface area (Å²) in [6.45, 7) is 6.31. The van der Waals surface area contributed by atoms with Gasteiger partial charge in [-0.05, 0) is 25.2 Å². The zero-order chi connectivity index (χ0) is 16.7. The van der Waals surface area contributed by atoms with Crippen LogP contribution in [-0.2, 0) is 10.9 Å². The lowest BCUT2D eigenvalue weighted by Crippen LogP contribution is -2.45. The van der Waals surface area contributed by atoms with Gasteiger partial charge in [-0.15, -0.1) is 12.4 Å². The van der Waals surface area contributed by atoms with Gasteiger partial charge in [0.25, 0.3) is 0 Å². The molecule has 4 nitrogen and oxygen atoms in total. The molecule has 8 heteroatoms. The maximum Gasteiger partial charge on any atom is 0.416 e. The lowest BCUT2D eigenvalue weighted by atomic mass is 10.2. The third-order valence-corrected chi connectivity index (χ3v) is 3.81. The third-order valence-electron chi connectivity index (χ3n) is 3.81. The minimum atomic E-state index is -4.35. The number of benzene rings is 1. The Morgan fingerprint density at radius 2 is 1.75 bits per heavy atom. The summed E-state index contributed by atoms with van der Waals surface area (Å²) in [4.78, 5) is 4.63. The van der Waals surface area contributed by atoms with Crippen LogP contribution in [0.25, 0.3) is 0 Å². The first-order valence-corrected chi connectivity index (χ1v) is 7.74. The fourth-order valence-corrected chi connectivity index (χ4v) is 2.35. The predicted octanol–water partition coefficient (Wildman–Crippen LogP) is 2.77. The van der Waals surface area contributed by atoms with E-state index in [2.05, 4.69) is 16.8 Å². The summed E-state index contributed by atoms with van der Waals surface area (Å²) in [6, 6.07) is 4.88. The zero-order valence-corrected chi connectivity index (χ0v) is 14.5. The number of rotatable bonds is 7. The molecule has 0 spiro atoms. The van der Waals surface area contributed by atoms with E-state index in [1.54, 1.807) is 0 Å². The molecule has 138 valence electrons. The van der Waals surface area contributed by atoms with E-state index in [1.807, 2.05) is 0 Å². The van der Waals surface area contributed by atoms with Gasteiger partial charge in [0.2, 0.25) is 0 Å². The SMILES string of the molecule is CN1CCN(CCOCCOc2cccc(C(F)(F)F)c2)CC1.Cl. The summed E-state index contributed by atoms with van der Waals surface area (Å²) in [5, 5.41) is 0. The van der Waals surface area contributed by atoms with Gasteiger partial charge < -0.3 is 14.4 Å². The van der Waals surface area contributed by atoms with Crippen LogP contribution in [0.1, 0.15) is 5.56 Å². The normalized spacial score (nSPS) is 16.7. The molecule has 0 bridgehead atoms. The average molecular weight is 369 g/mol. The number of piperazine rings is 1. The van der Waals surface area contributed by atoms with Crippen LogP contribution >= 0.6 is 12.4 Å². The highest BCUT2D eigenvalue weighted by molar-refractivity contribution is 5.85. The molecule has 1 fully saturated rings. The Hall–Kier alpha value is -1.02. The fourth-order valence-electron chi connectivity index (χ4n) is 2.35. The molecule has 0 aliphatic carbocycles. The first-order chi connectivity index (χ1) is 10.9. The van der Waals surface area contributed by atoms with Crippen molar-refractivity contribution in [1.82, 2.24) is 9.80 Å². The van der Waals surface area contributed by atoms with Crippen LogP contribution in [0.15, 0.2) is 24.3 Å². The summed E-state index contributed by atoms with van der Waals surface area (Å²) in [5.41, 5.74) is -0.703. The second-order valence-corrected chi connectivity index (χ2v) is 5.63. The van der Waals surface area contributed by atoms with Gasteiger partial charge in [-0.3, -0.25) is 4.90 Å². The van der Waals surface area contributed by atoms with Crippen LogP contribution in [-0.4, -0.2) is 69.4 Å². The summed E-state index contributed by atoms with van der Waals surface area (Å²) < 4.78 is 48.5. The quantitative estimate of drug-likeness (QED) is 0.691. The van der Waals surface area contributed by atoms with Gasteiger partial charge in [0.15, 0.2) is 0 Å². The first kappa shape index (κ1) is 21.0. The molecular formula is C16H24ClF3N2O2. The summed E-state index contributed by atoms with van der Waals surface area (Å²) in [6.07, 6.45) is -4.35. The molecule has 0 atom stereocenters. The number of likely N-dealkylation sites (N-methyl/N-ethyl adjacent to an activating group) is 1. The molecule has 1 aliphatic rings. The molecule has 1 heterocycles. The molecule has 0 amide bonds. The second-order valence-electron chi connectivity index (χ2n) is 5.63. The minimum Gasteiger partial charge on any atom is -0.491 e. The summed E-state index contributed by atoms with van der Waals surface area (Å²) in [7, 11) is 2.11. The molecule has 1 aromatic carbocycles. The van der Waals surface area contributed by atoms with Crippen molar-refractivity contribution in [2.24, 2.45) is 0 Å². The van der Waals surface area contributed by atoms with Crippen LogP contribution < -0.4 is 4.74 Å². The highest BCUT2D eigenvalue weighted by Crippen LogP contribution is 2.31. The predicted molar refractivity (Wildman–Crippen MR) is 88.9 cm³/mol. The summed E-state index contributed by atoms with van der Waals surface area (Å²) in [5.74, 6) is 0.211. The highest BCUT2D eigenvalue weighted by atomic mass is 35.5. The molecule has 2 rings (SSSR count). The van der Waals surface area contributed by atoms with E-state index >= 15 is 0 Å². The first-order valence-electron chi connectivity index (χ1n) is 7.74. The number of halogens is 4. The Balaban J connectivity index is 0.00000288. The number of nitrogens with zero attached hydrogens (tertiary/aromatic N) is 2. The number of hydrogen-bond acceptors (Lipinski definition) is 4. The Morgan fingerprint density at radius 3 is 2.42 bits per heavy atom. The molecule has 1 aromatic rings. The number of alkyl halides is 3. The van der Waals surface area contributed by atoms with E-state index in [-0.39, 0.29) is 24.8 Å². The number of ether oxygens (including phenoxy) is 2. The summed E-state index contributed by atoms with van der Waals surface area (Å²) >= 11 is 0. The molecule has 1 saturated heterocycles. The number of hydrogen-bond donors (Lipinski definition) is 0. The smallest absolute Gasteiger partial charge is 0.416 e. The van der Waals surface area contributed by atoms with Gasteiger partial charge in [0.05, 0.1) is 18.8 Å². The monoisotopic (exact) mass is 368 g/mol. The molecule has 0 radical (unpaired) electrons. The van der Waals surface area contributed by atoms with E-state index in [9.17, 15) is 13.2 Å². The molecule has 0 aromatic heterocycles. The molecule has 24 heavy (non-hydrogen) atoms. The molecule has 0 N–H and O–H groups in total. The average Bonchev–Trinajstić information content (AvgIpc) is 2.52. The second kappa shape index (κ2) is 10.1. The largest absolute Gasteiger partial charge is 0.491 e. The molecular weight excluding hydrogens is 345 g/mol. The maximum absolute atomic E-state index is 12.6. The van der Waals surface area contributed by atoms with Gasteiger partial charge in [-0.1, -0.05) is 6.07 Å². The van der Waals surface area contributed by atoms with Gasteiger partial charge in [0.1, 0.15) is 12.4 Å². The van der Waals surface area contributed by atoms with E-state index < -0.39 is 11.7 Å². The zero-order valence-electron chi connectivity index (χ0n) is 13.7. The Labute approximate surface area is 146 Å². The van der Waals surface area contributed by atoms with Crippen LogP contribution in [0, 0.1) is 0 Å². The highest BCUT2D eigenvalue weighted by Gasteiger charge is 2.30. The Morgan fingerprint density at radius 1 is 1.04 bits per heavy atom. The van der Waals surface area contributed by atoms with Gasteiger partial charge >= 0.3 is 6.18 Å². The van der Waals surface area contributed by atoms with E-state index in [0.717, 1.165) is 44.9 Å². The molecule has 1 aliphatic heterocycles. The van der Waals surface area contributed by atoms with Crippen LogP contribution in [0.3, 0.4) is 0 Å². The molecule has 0 unspecified atom stereocenters. The van der Waals surface area contributed by atoms with Crippen molar-refractivity contribution < 1.29 is 22.6 Å². The Bertz CT molecular complexity index is 481. The third kappa shape index (κ3) is 7.25. The van der Waals surface area contributed by atoms with Crippen molar-refractivity contribution in [3.63, 3.8) is 0 Å². The lowest BCUT2D eigenvalue weighted by Gasteiger charge is -2.32. The lowest BCUT2D eigenvalue weighted by molar-refractivity contribution is -0.137. The van der Waals surface area contributed by atoms with E-state index in [0.29, 0.717) is 13.2 Å². The van der Waals surface area contributed by atoms with Crippen LogP contribution in [0.5, 0.6) is 5.75 Å². The van der Waals surface area contributed by atoms with Crippen LogP contribution in [0.2, 0.25) is 0 Å². The van der Waals surface area contributed by atoms with Crippen molar-refractivity contribution in [2.45, 2.75) is 6.18 Å². The van der Waals surface area contributed by atoms with Crippen molar-refractivity contribution in [1.29, 1.82) is 0 Å². The van der Waals surface area contributed by atoms with Crippen molar-refractivity contribution in [3.05, 3.63) is 29.8 Å². The van der Waals surface area contributed by atoms with E-state index in [4.69, 9.17) is 9.47 Å². The van der Waals surface area contributed by atoms with Crippen molar-refractivity contribution in [2.75, 3.05) is 59.6 Å². The van der Waals surface area contributed by atoms with Crippen molar-refractivity contribution >= 4 is 12.4 Å². The molecule has 0 saturated carbocycles. The van der Waals surface area contributed by atoms with Crippen LogP contribution in [0.4, 0.5) is 13.2 Å². The van der Waals surface area contributed by atoms with Gasteiger partial charge in [-0.2, -0.15) is 13.2 Å². The Kier molecular flexibility index (Phi) is 8.83. The minimum absolute atomic E-state index is 0. The standard InChI is InChI=1S/C16H23F3N2O2.ClH/c1-20-5-7-21(8-6-20)9-10-22-11-12-23-15-4-2-3-14(13-15)16(17,18)19;/h2-4,13H,5-12H2,1H3;1H.